The first-order chi connectivity index (χ1) is 6.58. The van der Waals surface area contributed by atoms with Gasteiger partial charge in [0.15, 0.2) is 5.78 Å². The highest BCUT2D eigenvalue weighted by Crippen LogP contribution is 2.21. The van der Waals surface area contributed by atoms with Gasteiger partial charge in [0, 0.05) is 6.20 Å². The third-order valence-corrected chi connectivity index (χ3v) is 2.07. The molecule has 1 aromatic heterocycles. The lowest BCUT2D eigenvalue weighted by Gasteiger charge is -2.21. The van der Waals surface area contributed by atoms with E-state index in [9.17, 15) is 4.79 Å². The van der Waals surface area contributed by atoms with Crippen LogP contribution in [0.5, 0.6) is 0 Å². The fraction of sp³-hybridized carbons (Fsp3) is 0.300. The van der Waals surface area contributed by atoms with Gasteiger partial charge in [-0.3, -0.25) is 4.79 Å². The second kappa shape index (κ2) is 2.90. The van der Waals surface area contributed by atoms with E-state index >= 15 is 0 Å². The standard InChI is InChI=1S/C10H11N3O/c1-10(2)4-3-8(14)7-5-11-6-12-9(7)13-10/h3-6H,1-2H3,(H,11,12,13). The lowest BCUT2D eigenvalue weighted by molar-refractivity contribution is 0.104. The molecule has 72 valence electrons. The summed E-state index contributed by atoms with van der Waals surface area (Å²) in [5.74, 6) is 0.540. The summed E-state index contributed by atoms with van der Waals surface area (Å²) in [6.07, 6.45) is 6.35. The lowest BCUT2D eigenvalue weighted by Crippen LogP contribution is -2.28. The fourth-order valence-corrected chi connectivity index (χ4v) is 1.33. The zero-order valence-electron chi connectivity index (χ0n) is 8.11. The number of fused-ring (bicyclic) bond motifs is 1. The number of carbonyl (C=O) groups excluding carboxylic acids is 1. The molecule has 0 amide bonds. The highest BCUT2D eigenvalue weighted by Gasteiger charge is 2.22. The number of anilines is 1. The first-order valence-corrected chi connectivity index (χ1v) is 4.40. The predicted molar refractivity (Wildman–Crippen MR) is 53.2 cm³/mol. The maximum atomic E-state index is 11.6. The number of rotatable bonds is 0. The molecule has 1 aliphatic heterocycles. The van der Waals surface area contributed by atoms with E-state index in [1.165, 1.54) is 12.5 Å². The molecule has 0 spiro atoms. The van der Waals surface area contributed by atoms with Crippen LogP contribution in [0.3, 0.4) is 0 Å². The molecular weight excluding hydrogens is 178 g/mol. The molecule has 1 aliphatic rings. The average molecular weight is 189 g/mol. The highest BCUT2D eigenvalue weighted by atomic mass is 16.1. The van der Waals surface area contributed by atoms with Crippen LogP contribution in [0.15, 0.2) is 24.7 Å². The van der Waals surface area contributed by atoms with Gasteiger partial charge in [-0.05, 0) is 19.9 Å². The Kier molecular flexibility index (Phi) is 1.84. The lowest BCUT2D eigenvalue weighted by atomic mass is 10.1. The van der Waals surface area contributed by atoms with E-state index in [1.807, 2.05) is 19.9 Å². The molecular formula is C10H11N3O. The smallest absolute Gasteiger partial charge is 0.190 e. The summed E-state index contributed by atoms with van der Waals surface area (Å²) < 4.78 is 0. The van der Waals surface area contributed by atoms with Gasteiger partial charge >= 0.3 is 0 Å². The number of hydrogen-bond acceptors (Lipinski definition) is 4. The van der Waals surface area contributed by atoms with Crippen molar-refractivity contribution in [2.75, 3.05) is 5.32 Å². The Balaban J connectivity index is 2.55. The Morgan fingerprint density at radius 2 is 2.21 bits per heavy atom. The monoisotopic (exact) mass is 189 g/mol. The number of nitrogens with one attached hydrogen (secondary N) is 1. The maximum absolute atomic E-state index is 11.6. The summed E-state index contributed by atoms with van der Waals surface area (Å²) in [7, 11) is 0. The number of hydrogen-bond donors (Lipinski definition) is 1. The van der Waals surface area contributed by atoms with Crippen LogP contribution in [-0.2, 0) is 0 Å². The molecule has 1 aromatic rings. The minimum absolute atomic E-state index is 0.0568. The van der Waals surface area contributed by atoms with Crippen LogP contribution in [-0.4, -0.2) is 21.3 Å². The van der Waals surface area contributed by atoms with E-state index in [0.29, 0.717) is 11.4 Å². The molecule has 0 saturated carbocycles. The summed E-state index contributed by atoms with van der Waals surface area (Å²) in [4.78, 5) is 19.5. The fourth-order valence-electron chi connectivity index (χ4n) is 1.33. The molecule has 0 atom stereocenters. The van der Waals surface area contributed by atoms with Crippen LogP contribution in [0.4, 0.5) is 5.82 Å². The van der Waals surface area contributed by atoms with Crippen molar-refractivity contribution < 1.29 is 4.79 Å². The van der Waals surface area contributed by atoms with Crippen molar-refractivity contribution >= 4 is 11.6 Å². The number of aromatic nitrogens is 2. The number of carbonyl (C=O) groups is 1. The van der Waals surface area contributed by atoms with Crippen LogP contribution in [0, 0.1) is 0 Å². The molecule has 4 nitrogen and oxygen atoms in total. The Labute approximate surface area is 82.1 Å². The van der Waals surface area contributed by atoms with Crippen LogP contribution in [0.2, 0.25) is 0 Å². The van der Waals surface area contributed by atoms with Crippen molar-refractivity contribution in [3.8, 4) is 0 Å². The molecule has 4 heteroatoms. The van der Waals surface area contributed by atoms with E-state index in [-0.39, 0.29) is 11.3 Å². The van der Waals surface area contributed by atoms with E-state index in [0.717, 1.165) is 0 Å². The zero-order chi connectivity index (χ0) is 10.2. The van der Waals surface area contributed by atoms with Gasteiger partial charge in [0.1, 0.15) is 12.1 Å². The summed E-state index contributed by atoms with van der Waals surface area (Å²) >= 11 is 0. The van der Waals surface area contributed by atoms with Crippen molar-refractivity contribution in [3.63, 3.8) is 0 Å². The third-order valence-electron chi connectivity index (χ3n) is 2.07. The number of nitrogens with zero attached hydrogens (tertiary/aromatic N) is 2. The van der Waals surface area contributed by atoms with Gasteiger partial charge in [-0.15, -0.1) is 0 Å². The summed E-state index contributed by atoms with van der Waals surface area (Å²) in [6.45, 7) is 3.96. The maximum Gasteiger partial charge on any atom is 0.190 e. The van der Waals surface area contributed by atoms with Crippen molar-refractivity contribution in [1.82, 2.24) is 9.97 Å². The van der Waals surface area contributed by atoms with E-state index in [2.05, 4.69) is 15.3 Å². The van der Waals surface area contributed by atoms with Gasteiger partial charge in [-0.2, -0.15) is 0 Å². The Morgan fingerprint density at radius 3 is 3.00 bits per heavy atom. The molecule has 0 aromatic carbocycles. The molecule has 2 rings (SSSR count). The molecule has 0 fully saturated rings. The SMILES string of the molecule is CC1(C)C=CC(=O)c2cncnc2N1. The van der Waals surface area contributed by atoms with E-state index < -0.39 is 0 Å². The average Bonchev–Trinajstić information content (AvgIpc) is 2.25. The van der Waals surface area contributed by atoms with Gasteiger partial charge in [0.05, 0.1) is 11.1 Å². The van der Waals surface area contributed by atoms with Crippen LogP contribution < -0.4 is 5.32 Å². The zero-order valence-corrected chi connectivity index (χ0v) is 8.11. The van der Waals surface area contributed by atoms with Gasteiger partial charge in [0.25, 0.3) is 0 Å². The quantitative estimate of drug-likeness (QED) is 0.670. The largest absolute Gasteiger partial charge is 0.361 e. The Morgan fingerprint density at radius 1 is 1.43 bits per heavy atom. The second-order valence-corrected chi connectivity index (χ2v) is 3.83. The molecule has 14 heavy (non-hydrogen) atoms. The van der Waals surface area contributed by atoms with Gasteiger partial charge in [0.2, 0.25) is 0 Å². The first-order valence-electron chi connectivity index (χ1n) is 4.40. The molecule has 0 unspecified atom stereocenters. The molecule has 1 N–H and O–H groups in total. The normalized spacial score (nSPS) is 18.3. The number of ketones is 1. The second-order valence-electron chi connectivity index (χ2n) is 3.83. The van der Waals surface area contributed by atoms with Gasteiger partial charge in [-0.1, -0.05) is 6.08 Å². The highest BCUT2D eigenvalue weighted by molar-refractivity contribution is 6.08. The Hall–Kier alpha value is -1.71. The van der Waals surface area contributed by atoms with Gasteiger partial charge < -0.3 is 5.32 Å². The summed E-state index contributed by atoms with van der Waals surface area (Å²) in [6, 6.07) is 0. The Bertz CT molecular complexity index is 410. The van der Waals surface area contributed by atoms with E-state index in [4.69, 9.17) is 0 Å². The van der Waals surface area contributed by atoms with Crippen molar-refractivity contribution in [1.29, 1.82) is 0 Å². The van der Waals surface area contributed by atoms with E-state index in [1.54, 1.807) is 6.08 Å². The van der Waals surface area contributed by atoms with Crippen LogP contribution in [0.1, 0.15) is 24.2 Å². The molecule has 0 bridgehead atoms. The van der Waals surface area contributed by atoms with Crippen molar-refractivity contribution in [2.45, 2.75) is 19.4 Å². The first kappa shape index (κ1) is 8.87. The molecule has 0 aliphatic carbocycles. The summed E-state index contributed by atoms with van der Waals surface area (Å²) in [5.41, 5.74) is 0.268. The predicted octanol–water partition coefficient (Wildman–Crippen LogP) is 1.42. The van der Waals surface area contributed by atoms with Crippen molar-refractivity contribution in [3.05, 3.63) is 30.2 Å². The van der Waals surface area contributed by atoms with Gasteiger partial charge in [-0.25, -0.2) is 9.97 Å². The summed E-state index contributed by atoms with van der Waals surface area (Å²) in [5, 5.41) is 3.17. The molecule has 0 radical (unpaired) electrons. The van der Waals surface area contributed by atoms with Crippen LogP contribution >= 0.6 is 0 Å². The minimum Gasteiger partial charge on any atom is -0.361 e. The topological polar surface area (TPSA) is 54.9 Å². The van der Waals surface area contributed by atoms with Crippen LogP contribution in [0.25, 0.3) is 0 Å². The molecule has 2 heterocycles. The third kappa shape index (κ3) is 1.51. The minimum atomic E-state index is -0.255. The van der Waals surface area contributed by atoms with Crippen molar-refractivity contribution in [2.24, 2.45) is 0 Å². The number of allylic oxidation sites excluding steroid dienone is 1. The molecule has 0 saturated heterocycles.